The number of nitrogens with two attached hydrogens (primary N) is 1. The molecule has 0 spiro atoms. The fraction of sp³-hybridized carbons (Fsp3) is 0.417. The molecule has 0 saturated carbocycles. The number of halogens is 3. The number of guanidine groups is 1. The second-order valence-electron chi connectivity index (χ2n) is 3.88. The molecule has 3 nitrogen and oxygen atoms in total. The lowest BCUT2D eigenvalue weighted by Crippen LogP contribution is -2.33. The number of hydrogen-bond donors (Lipinski definition) is 1. The Bertz CT molecular complexity index is 410. The SMILES string of the molecule is CCN=C(N)N(C)Cc1ccc(C(F)(F)F)cc1. The average molecular weight is 259 g/mol. The Morgan fingerprint density at radius 3 is 2.28 bits per heavy atom. The number of benzene rings is 1. The van der Waals surface area contributed by atoms with E-state index in [1.807, 2.05) is 6.92 Å². The van der Waals surface area contributed by atoms with Crippen LogP contribution in [0.1, 0.15) is 18.1 Å². The van der Waals surface area contributed by atoms with Gasteiger partial charge in [0.05, 0.1) is 5.56 Å². The Balaban J connectivity index is 2.73. The molecule has 0 radical (unpaired) electrons. The van der Waals surface area contributed by atoms with Gasteiger partial charge in [0.15, 0.2) is 5.96 Å². The molecule has 0 aliphatic rings. The summed E-state index contributed by atoms with van der Waals surface area (Å²) < 4.78 is 37.1. The highest BCUT2D eigenvalue weighted by Gasteiger charge is 2.29. The van der Waals surface area contributed by atoms with Crippen LogP contribution in [-0.2, 0) is 12.7 Å². The first-order chi connectivity index (χ1) is 8.34. The van der Waals surface area contributed by atoms with E-state index in [-0.39, 0.29) is 0 Å². The molecule has 0 saturated heterocycles. The minimum Gasteiger partial charge on any atom is -0.370 e. The molecule has 1 aromatic carbocycles. The number of aliphatic imine (C=N–C) groups is 1. The molecule has 1 aromatic rings. The van der Waals surface area contributed by atoms with E-state index < -0.39 is 11.7 Å². The van der Waals surface area contributed by atoms with Crippen molar-refractivity contribution in [3.8, 4) is 0 Å². The van der Waals surface area contributed by atoms with Crippen LogP contribution in [-0.4, -0.2) is 24.5 Å². The molecule has 0 amide bonds. The van der Waals surface area contributed by atoms with Crippen LogP contribution in [0.2, 0.25) is 0 Å². The molecule has 6 heteroatoms. The Morgan fingerprint density at radius 1 is 1.28 bits per heavy atom. The molecule has 0 aliphatic carbocycles. The molecule has 100 valence electrons. The van der Waals surface area contributed by atoms with Crippen LogP contribution in [0.3, 0.4) is 0 Å². The van der Waals surface area contributed by atoms with E-state index in [4.69, 9.17) is 5.73 Å². The van der Waals surface area contributed by atoms with Crippen LogP contribution in [0, 0.1) is 0 Å². The molecular formula is C12H16F3N3. The Morgan fingerprint density at radius 2 is 1.83 bits per heavy atom. The van der Waals surface area contributed by atoms with Crippen LogP contribution in [0.25, 0.3) is 0 Å². The van der Waals surface area contributed by atoms with Crippen molar-refractivity contribution in [1.82, 2.24) is 4.90 Å². The molecule has 2 N–H and O–H groups in total. The van der Waals surface area contributed by atoms with Gasteiger partial charge in [-0.25, -0.2) is 0 Å². The minimum absolute atomic E-state index is 0.373. The number of hydrogen-bond acceptors (Lipinski definition) is 1. The first kappa shape index (κ1) is 14.3. The minimum atomic E-state index is -4.30. The third-order valence-electron chi connectivity index (χ3n) is 2.41. The molecule has 0 bridgehead atoms. The van der Waals surface area contributed by atoms with Crippen molar-refractivity contribution in [2.75, 3.05) is 13.6 Å². The van der Waals surface area contributed by atoms with Gasteiger partial charge in [-0.2, -0.15) is 13.2 Å². The summed E-state index contributed by atoms with van der Waals surface area (Å²) in [4.78, 5) is 5.70. The first-order valence-corrected chi connectivity index (χ1v) is 5.51. The van der Waals surface area contributed by atoms with Crippen LogP contribution >= 0.6 is 0 Å². The molecule has 0 aliphatic heterocycles. The van der Waals surface area contributed by atoms with Crippen LogP contribution in [0.5, 0.6) is 0 Å². The standard InChI is InChI=1S/C12H16F3N3/c1-3-17-11(16)18(2)8-9-4-6-10(7-5-9)12(13,14)15/h4-7H,3,8H2,1-2H3,(H2,16,17). The maximum absolute atomic E-state index is 12.4. The van der Waals surface area contributed by atoms with Gasteiger partial charge < -0.3 is 10.6 Å². The molecule has 0 unspecified atom stereocenters. The lowest BCUT2D eigenvalue weighted by Gasteiger charge is -2.18. The van der Waals surface area contributed by atoms with Gasteiger partial charge in [-0.15, -0.1) is 0 Å². The predicted molar refractivity (Wildman–Crippen MR) is 65.1 cm³/mol. The molecule has 1 rings (SSSR count). The second-order valence-corrected chi connectivity index (χ2v) is 3.88. The summed E-state index contributed by atoms with van der Waals surface area (Å²) in [5.74, 6) is 0.373. The zero-order chi connectivity index (χ0) is 13.8. The van der Waals surface area contributed by atoms with Crippen LogP contribution in [0.4, 0.5) is 13.2 Å². The summed E-state index contributed by atoms with van der Waals surface area (Å²) in [7, 11) is 1.74. The van der Waals surface area contributed by atoms with Gasteiger partial charge in [-0.05, 0) is 24.6 Å². The highest BCUT2D eigenvalue weighted by molar-refractivity contribution is 5.77. The van der Waals surface area contributed by atoms with Crippen molar-refractivity contribution in [3.05, 3.63) is 35.4 Å². The third-order valence-corrected chi connectivity index (χ3v) is 2.41. The monoisotopic (exact) mass is 259 g/mol. The lowest BCUT2D eigenvalue weighted by atomic mass is 10.1. The van der Waals surface area contributed by atoms with E-state index in [0.29, 0.717) is 19.0 Å². The molecule has 0 heterocycles. The largest absolute Gasteiger partial charge is 0.416 e. The number of nitrogens with zero attached hydrogens (tertiary/aromatic N) is 2. The normalized spacial score (nSPS) is 12.6. The van der Waals surface area contributed by atoms with Gasteiger partial charge in [-0.3, -0.25) is 4.99 Å². The van der Waals surface area contributed by atoms with Crippen molar-refractivity contribution in [2.24, 2.45) is 10.7 Å². The van der Waals surface area contributed by atoms with Crippen molar-refractivity contribution in [2.45, 2.75) is 19.6 Å². The zero-order valence-electron chi connectivity index (χ0n) is 10.3. The van der Waals surface area contributed by atoms with Crippen molar-refractivity contribution >= 4 is 5.96 Å². The fourth-order valence-corrected chi connectivity index (χ4v) is 1.44. The topological polar surface area (TPSA) is 41.6 Å². The first-order valence-electron chi connectivity index (χ1n) is 5.51. The van der Waals surface area contributed by atoms with E-state index in [2.05, 4.69) is 4.99 Å². The summed E-state index contributed by atoms with van der Waals surface area (Å²) in [6, 6.07) is 5.02. The van der Waals surface area contributed by atoms with E-state index in [0.717, 1.165) is 17.7 Å². The number of alkyl halides is 3. The van der Waals surface area contributed by atoms with Gasteiger partial charge in [0.1, 0.15) is 0 Å². The van der Waals surface area contributed by atoms with Crippen LogP contribution in [0.15, 0.2) is 29.3 Å². The molecule has 0 fully saturated rings. The number of rotatable bonds is 3. The lowest BCUT2D eigenvalue weighted by molar-refractivity contribution is -0.137. The molecule has 0 atom stereocenters. The Labute approximate surface area is 104 Å². The van der Waals surface area contributed by atoms with E-state index in [1.54, 1.807) is 11.9 Å². The van der Waals surface area contributed by atoms with Gasteiger partial charge in [0.2, 0.25) is 0 Å². The Kier molecular flexibility index (Phi) is 4.58. The maximum Gasteiger partial charge on any atom is 0.416 e. The van der Waals surface area contributed by atoms with E-state index in [1.165, 1.54) is 12.1 Å². The van der Waals surface area contributed by atoms with Crippen molar-refractivity contribution in [1.29, 1.82) is 0 Å². The van der Waals surface area contributed by atoms with Gasteiger partial charge in [-0.1, -0.05) is 12.1 Å². The molecule has 0 aromatic heterocycles. The second kappa shape index (κ2) is 5.75. The highest BCUT2D eigenvalue weighted by Crippen LogP contribution is 2.29. The summed E-state index contributed by atoms with van der Waals surface area (Å²) in [5, 5.41) is 0. The highest BCUT2D eigenvalue weighted by atomic mass is 19.4. The molecule has 18 heavy (non-hydrogen) atoms. The van der Waals surface area contributed by atoms with Crippen LogP contribution < -0.4 is 5.73 Å². The zero-order valence-corrected chi connectivity index (χ0v) is 10.3. The third kappa shape index (κ3) is 3.94. The summed E-state index contributed by atoms with van der Waals surface area (Å²) in [5.41, 5.74) is 5.77. The molecular weight excluding hydrogens is 243 g/mol. The van der Waals surface area contributed by atoms with Crippen molar-refractivity contribution in [3.63, 3.8) is 0 Å². The quantitative estimate of drug-likeness (QED) is 0.669. The summed E-state index contributed by atoms with van der Waals surface area (Å²) >= 11 is 0. The van der Waals surface area contributed by atoms with Crippen molar-refractivity contribution < 1.29 is 13.2 Å². The summed E-state index contributed by atoms with van der Waals surface area (Å²) in [6.07, 6.45) is -4.30. The predicted octanol–water partition coefficient (Wildman–Crippen LogP) is 2.47. The fourth-order valence-electron chi connectivity index (χ4n) is 1.44. The van der Waals surface area contributed by atoms with Gasteiger partial charge in [0.25, 0.3) is 0 Å². The van der Waals surface area contributed by atoms with E-state index in [9.17, 15) is 13.2 Å². The van der Waals surface area contributed by atoms with Gasteiger partial charge in [0, 0.05) is 20.1 Å². The Hall–Kier alpha value is -1.72. The average Bonchev–Trinajstić information content (AvgIpc) is 2.28. The smallest absolute Gasteiger partial charge is 0.370 e. The maximum atomic E-state index is 12.4. The van der Waals surface area contributed by atoms with Gasteiger partial charge >= 0.3 is 6.18 Å². The van der Waals surface area contributed by atoms with E-state index >= 15 is 0 Å². The summed E-state index contributed by atoms with van der Waals surface area (Å²) in [6.45, 7) is 2.86.